The van der Waals surface area contributed by atoms with Crippen LogP contribution in [0.3, 0.4) is 0 Å². The molecule has 0 saturated heterocycles. The molecule has 3 nitrogen and oxygen atoms in total. The number of pyridine rings is 1. The average molecular weight is 310 g/mol. The SMILES string of the molecule is COc1c(I)cnc(C(F)F)c1C#N. The molecule has 0 saturated carbocycles. The van der Waals surface area contributed by atoms with Crippen LogP contribution in [0.5, 0.6) is 5.75 Å². The van der Waals surface area contributed by atoms with Gasteiger partial charge in [0.2, 0.25) is 0 Å². The van der Waals surface area contributed by atoms with Crippen LogP contribution in [-0.2, 0) is 0 Å². The van der Waals surface area contributed by atoms with Gasteiger partial charge < -0.3 is 4.74 Å². The lowest BCUT2D eigenvalue weighted by Crippen LogP contribution is -2.00. The highest BCUT2D eigenvalue weighted by atomic mass is 127. The van der Waals surface area contributed by atoms with Crippen molar-refractivity contribution in [2.75, 3.05) is 7.11 Å². The zero-order valence-electron chi connectivity index (χ0n) is 7.09. The third-order valence-electron chi connectivity index (χ3n) is 1.54. The Balaban J connectivity index is 3.43. The quantitative estimate of drug-likeness (QED) is 0.789. The molecule has 0 N–H and O–H groups in total. The number of hydrogen-bond donors (Lipinski definition) is 0. The van der Waals surface area contributed by atoms with E-state index in [9.17, 15) is 8.78 Å². The summed E-state index contributed by atoms with van der Waals surface area (Å²) in [6.45, 7) is 0. The molecule has 74 valence electrons. The summed E-state index contributed by atoms with van der Waals surface area (Å²) in [5, 5.41) is 8.70. The summed E-state index contributed by atoms with van der Waals surface area (Å²) in [5.41, 5.74) is -0.737. The van der Waals surface area contributed by atoms with Gasteiger partial charge in [-0.1, -0.05) is 0 Å². The number of hydrogen-bond acceptors (Lipinski definition) is 3. The first-order valence-electron chi connectivity index (χ1n) is 3.52. The van der Waals surface area contributed by atoms with Crippen molar-refractivity contribution >= 4 is 22.6 Å². The molecule has 1 rings (SSSR count). The van der Waals surface area contributed by atoms with Crippen molar-refractivity contribution < 1.29 is 13.5 Å². The molecular weight excluding hydrogens is 305 g/mol. The van der Waals surface area contributed by atoms with E-state index >= 15 is 0 Å². The zero-order chi connectivity index (χ0) is 10.7. The fourth-order valence-electron chi connectivity index (χ4n) is 0.958. The van der Waals surface area contributed by atoms with E-state index in [-0.39, 0.29) is 11.3 Å². The van der Waals surface area contributed by atoms with Gasteiger partial charge in [-0.25, -0.2) is 8.78 Å². The first-order valence-corrected chi connectivity index (χ1v) is 4.60. The Bertz CT molecular complexity index is 390. The van der Waals surface area contributed by atoms with Crippen molar-refractivity contribution in [1.82, 2.24) is 4.98 Å². The fraction of sp³-hybridized carbons (Fsp3) is 0.250. The highest BCUT2D eigenvalue weighted by Crippen LogP contribution is 2.30. The van der Waals surface area contributed by atoms with E-state index in [1.165, 1.54) is 13.3 Å². The highest BCUT2D eigenvalue weighted by molar-refractivity contribution is 14.1. The molecule has 0 amide bonds. The van der Waals surface area contributed by atoms with Crippen LogP contribution in [0.2, 0.25) is 0 Å². The Labute approximate surface area is 92.8 Å². The number of alkyl halides is 2. The van der Waals surface area contributed by atoms with Crippen LogP contribution in [0.4, 0.5) is 8.78 Å². The van der Waals surface area contributed by atoms with Gasteiger partial charge in [0.25, 0.3) is 6.43 Å². The van der Waals surface area contributed by atoms with Gasteiger partial charge in [0, 0.05) is 6.20 Å². The average Bonchev–Trinajstić information content (AvgIpc) is 2.16. The number of nitriles is 1. The lowest BCUT2D eigenvalue weighted by Gasteiger charge is -2.08. The summed E-state index contributed by atoms with van der Waals surface area (Å²) in [4.78, 5) is 3.50. The topological polar surface area (TPSA) is 45.9 Å². The van der Waals surface area contributed by atoms with E-state index in [0.717, 1.165) is 0 Å². The van der Waals surface area contributed by atoms with Crippen LogP contribution in [0.25, 0.3) is 0 Å². The number of aromatic nitrogens is 1. The lowest BCUT2D eigenvalue weighted by molar-refractivity contribution is 0.145. The van der Waals surface area contributed by atoms with Gasteiger partial charge in [-0.3, -0.25) is 4.98 Å². The maximum absolute atomic E-state index is 12.4. The van der Waals surface area contributed by atoms with E-state index in [0.29, 0.717) is 3.57 Å². The number of methoxy groups -OCH3 is 1. The molecule has 0 radical (unpaired) electrons. The Kier molecular flexibility index (Phi) is 3.57. The van der Waals surface area contributed by atoms with Crippen molar-refractivity contribution in [1.29, 1.82) is 5.26 Å². The molecule has 6 heteroatoms. The van der Waals surface area contributed by atoms with E-state index in [2.05, 4.69) is 4.98 Å². The van der Waals surface area contributed by atoms with Gasteiger partial charge in [-0.2, -0.15) is 5.26 Å². The number of halogens is 3. The van der Waals surface area contributed by atoms with Crippen molar-refractivity contribution in [3.63, 3.8) is 0 Å². The van der Waals surface area contributed by atoms with E-state index in [4.69, 9.17) is 10.00 Å². The molecule has 1 aromatic rings. The fourth-order valence-corrected chi connectivity index (χ4v) is 1.59. The molecule has 0 aliphatic rings. The molecule has 0 aliphatic heterocycles. The van der Waals surface area contributed by atoms with Gasteiger partial charge in [-0.15, -0.1) is 0 Å². The van der Waals surface area contributed by atoms with Crippen molar-refractivity contribution in [3.8, 4) is 11.8 Å². The Morgan fingerprint density at radius 2 is 2.29 bits per heavy atom. The summed E-state index contributed by atoms with van der Waals surface area (Å²) in [6, 6.07) is 1.66. The summed E-state index contributed by atoms with van der Waals surface area (Å²) >= 11 is 1.87. The minimum absolute atomic E-state index is 0.151. The molecule has 0 fully saturated rings. The Morgan fingerprint density at radius 1 is 1.64 bits per heavy atom. The summed E-state index contributed by atoms with van der Waals surface area (Å²) in [7, 11) is 1.33. The molecule has 0 unspecified atom stereocenters. The van der Waals surface area contributed by atoms with Crippen LogP contribution in [-0.4, -0.2) is 12.1 Å². The predicted molar refractivity (Wildman–Crippen MR) is 53.2 cm³/mol. The smallest absolute Gasteiger partial charge is 0.281 e. The first kappa shape index (κ1) is 11.1. The largest absolute Gasteiger partial charge is 0.494 e. The van der Waals surface area contributed by atoms with Crippen molar-refractivity contribution in [2.24, 2.45) is 0 Å². The minimum atomic E-state index is -2.77. The van der Waals surface area contributed by atoms with Crippen LogP contribution >= 0.6 is 22.6 Å². The highest BCUT2D eigenvalue weighted by Gasteiger charge is 2.20. The standard InChI is InChI=1S/C8H5F2IN2O/c1-14-7-4(2-12)6(8(9)10)13-3-5(7)11/h3,8H,1H3. The third kappa shape index (κ3) is 1.92. The second kappa shape index (κ2) is 4.50. The molecule has 1 heterocycles. The molecule has 0 spiro atoms. The Hall–Kier alpha value is -0.970. The van der Waals surface area contributed by atoms with Gasteiger partial charge in [0.15, 0.2) is 5.75 Å². The second-order valence-corrected chi connectivity index (χ2v) is 3.47. The van der Waals surface area contributed by atoms with E-state index in [1.54, 1.807) is 6.07 Å². The van der Waals surface area contributed by atoms with Crippen LogP contribution < -0.4 is 4.74 Å². The van der Waals surface area contributed by atoms with Gasteiger partial charge in [-0.05, 0) is 22.6 Å². The predicted octanol–water partition coefficient (Wildman–Crippen LogP) is 2.50. The normalized spacial score (nSPS) is 10.0. The number of ether oxygens (including phenoxy) is 1. The second-order valence-electron chi connectivity index (χ2n) is 2.31. The van der Waals surface area contributed by atoms with Gasteiger partial charge >= 0.3 is 0 Å². The molecule has 0 aromatic carbocycles. The molecule has 14 heavy (non-hydrogen) atoms. The molecule has 1 aromatic heterocycles. The van der Waals surface area contributed by atoms with Crippen LogP contribution in [0.15, 0.2) is 6.20 Å². The molecule has 0 atom stereocenters. The molecule has 0 aliphatic carbocycles. The van der Waals surface area contributed by atoms with E-state index < -0.39 is 12.1 Å². The molecule has 0 bridgehead atoms. The van der Waals surface area contributed by atoms with Crippen LogP contribution in [0, 0.1) is 14.9 Å². The molecular formula is C8H5F2IN2O. The monoisotopic (exact) mass is 310 g/mol. The summed E-state index contributed by atoms with van der Waals surface area (Å²) < 4.78 is 30.2. The van der Waals surface area contributed by atoms with Gasteiger partial charge in [0.05, 0.1) is 10.7 Å². The van der Waals surface area contributed by atoms with E-state index in [1.807, 2.05) is 22.6 Å². The maximum atomic E-state index is 12.4. The number of nitrogens with zero attached hydrogens (tertiary/aromatic N) is 2. The van der Waals surface area contributed by atoms with Crippen molar-refractivity contribution in [2.45, 2.75) is 6.43 Å². The maximum Gasteiger partial charge on any atom is 0.281 e. The minimum Gasteiger partial charge on any atom is -0.494 e. The van der Waals surface area contributed by atoms with Crippen molar-refractivity contribution in [3.05, 3.63) is 21.0 Å². The lowest BCUT2D eigenvalue weighted by atomic mass is 10.2. The first-order chi connectivity index (χ1) is 6.61. The summed E-state index contributed by atoms with van der Waals surface area (Å²) in [6.07, 6.45) is -1.52. The third-order valence-corrected chi connectivity index (χ3v) is 2.31. The summed E-state index contributed by atoms with van der Waals surface area (Å²) in [5.74, 6) is 0.151. The van der Waals surface area contributed by atoms with Gasteiger partial charge in [0.1, 0.15) is 17.3 Å². The van der Waals surface area contributed by atoms with Crippen LogP contribution in [0.1, 0.15) is 17.7 Å². The zero-order valence-corrected chi connectivity index (χ0v) is 9.25. The number of rotatable bonds is 2. The Morgan fingerprint density at radius 3 is 2.71 bits per heavy atom.